The van der Waals surface area contributed by atoms with E-state index in [0.717, 1.165) is 18.7 Å². The third-order valence-electron chi connectivity index (χ3n) is 6.17. The van der Waals surface area contributed by atoms with E-state index in [2.05, 4.69) is 46.1 Å². The van der Waals surface area contributed by atoms with Crippen molar-refractivity contribution in [2.45, 2.75) is 18.0 Å². The van der Waals surface area contributed by atoms with E-state index in [1.165, 1.54) is 11.3 Å². The number of nitrogens with zero attached hydrogens (tertiary/aromatic N) is 2. The molecular formula is C25H26N4O3S. The molecular weight excluding hydrogens is 436 g/mol. The van der Waals surface area contributed by atoms with Gasteiger partial charge in [-0.05, 0) is 54.4 Å². The van der Waals surface area contributed by atoms with Gasteiger partial charge in [-0.25, -0.2) is 8.42 Å². The van der Waals surface area contributed by atoms with E-state index in [-0.39, 0.29) is 10.8 Å². The summed E-state index contributed by atoms with van der Waals surface area (Å²) >= 11 is 0. The largest absolute Gasteiger partial charge is 0.368 e. The van der Waals surface area contributed by atoms with E-state index in [1.54, 1.807) is 48.5 Å². The van der Waals surface area contributed by atoms with Gasteiger partial charge in [0.25, 0.3) is 5.91 Å². The molecule has 1 fully saturated rings. The van der Waals surface area contributed by atoms with Gasteiger partial charge in [-0.3, -0.25) is 4.79 Å². The smallest absolute Gasteiger partial charge is 0.253 e. The number of para-hydroxylation sites is 1. The lowest BCUT2D eigenvalue weighted by atomic mass is 10.1. The summed E-state index contributed by atoms with van der Waals surface area (Å²) in [6, 6.07) is 22.3. The van der Waals surface area contributed by atoms with Gasteiger partial charge in [-0.15, -0.1) is 0 Å². The Hall–Kier alpha value is -3.36. The molecule has 7 nitrogen and oxygen atoms in total. The van der Waals surface area contributed by atoms with Crippen molar-refractivity contribution in [1.82, 2.24) is 9.62 Å². The van der Waals surface area contributed by atoms with Gasteiger partial charge in [-0.2, -0.15) is 4.72 Å². The van der Waals surface area contributed by atoms with E-state index in [0.29, 0.717) is 24.3 Å². The summed E-state index contributed by atoms with van der Waals surface area (Å²) in [4.78, 5) is 17.4. The number of nitrogens with one attached hydrogen (secondary N) is 2. The topological polar surface area (TPSA) is 81.8 Å². The number of hydrogen-bond donors (Lipinski definition) is 2. The predicted molar refractivity (Wildman–Crippen MR) is 129 cm³/mol. The van der Waals surface area contributed by atoms with Gasteiger partial charge in [0.15, 0.2) is 0 Å². The van der Waals surface area contributed by atoms with Crippen LogP contribution in [0.2, 0.25) is 0 Å². The molecule has 0 radical (unpaired) electrons. The van der Waals surface area contributed by atoms with Crippen LogP contribution in [0.5, 0.6) is 0 Å². The first kappa shape index (κ1) is 21.5. The minimum Gasteiger partial charge on any atom is -0.368 e. The summed E-state index contributed by atoms with van der Waals surface area (Å²) in [5, 5.41) is 3.21. The molecule has 33 heavy (non-hydrogen) atoms. The molecule has 1 saturated heterocycles. The van der Waals surface area contributed by atoms with E-state index in [1.807, 2.05) is 4.90 Å². The lowest BCUT2D eigenvalue weighted by Crippen LogP contribution is -2.48. The van der Waals surface area contributed by atoms with Crippen molar-refractivity contribution in [1.29, 1.82) is 0 Å². The Morgan fingerprint density at radius 2 is 1.64 bits per heavy atom. The molecule has 0 unspecified atom stereocenters. The highest BCUT2D eigenvalue weighted by atomic mass is 32.2. The second kappa shape index (κ2) is 8.53. The average molecular weight is 463 g/mol. The summed E-state index contributed by atoms with van der Waals surface area (Å²) in [6.07, 6.45) is -0.591. The highest BCUT2D eigenvalue weighted by Crippen LogP contribution is 2.31. The van der Waals surface area contributed by atoms with Gasteiger partial charge in [0.05, 0.1) is 5.69 Å². The van der Waals surface area contributed by atoms with Gasteiger partial charge in [0, 0.05) is 37.4 Å². The number of aryl methyl sites for hydroxylation is 1. The molecule has 1 atom stereocenters. The Bertz CT molecular complexity index is 1280. The molecule has 3 aromatic carbocycles. The number of sulfonamides is 1. The molecule has 2 heterocycles. The minimum absolute atomic E-state index is 0.00651. The molecule has 0 spiro atoms. The maximum absolute atomic E-state index is 13.0. The van der Waals surface area contributed by atoms with Crippen molar-refractivity contribution in [2.75, 3.05) is 36.4 Å². The highest BCUT2D eigenvalue weighted by molar-refractivity contribution is 7.89. The Morgan fingerprint density at radius 3 is 2.36 bits per heavy atom. The molecule has 3 aromatic rings. The molecule has 0 saturated carbocycles. The van der Waals surface area contributed by atoms with Gasteiger partial charge >= 0.3 is 0 Å². The third kappa shape index (κ3) is 4.31. The Balaban J connectivity index is 1.25. The number of benzene rings is 3. The number of rotatable bonds is 3. The highest BCUT2D eigenvalue weighted by Gasteiger charge is 2.30. The van der Waals surface area contributed by atoms with Crippen LogP contribution in [0.15, 0.2) is 77.7 Å². The minimum atomic E-state index is -3.61. The van der Waals surface area contributed by atoms with Crippen molar-refractivity contribution in [3.8, 4) is 0 Å². The molecule has 2 aliphatic rings. The number of fused-ring (bicyclic) bond motifs is 1. The Morgan fingerprint density at radius 1 is 0.909 bits per heavy atom. The lowest BCUT2D eigenvalue weighted by molar-refractivity contribution is 0.0746. The fourth-order valence-electron chi connectivity index (χ4n) is 4.37. The SMILES string of the molecule is Cc1cccc(N2CCN(C(=O)c3ccc([C@H]4Nc5ccccc5S(=O)(=O)N4)cc3)CC2)c1. The first-order valence-corrected chi connectivity index (χ1v) is 12.5. The van der Waals surface area contributed by atoms with Crippen LogP contribution in [0, 0.1) is 6.92 Å². The molecule has 8 heteroatoms. The number of carbonyl (C=O) groups excluding carboxylic acids is 1. The number of anilines is 2. The molecule has 170 valence electrons. The quantitative estimate of drug-likeness (QED) is 0.624. The predicted octanol–water partition coefficient (Wildman–Crippen LogP) is 3.36. The second-order valence-electron chi connectivity index (χ2n) is 8.44. The summed E-state index contributed by atoms with van der Waals surface area (Å²) in [5.74, 6) is -0.00651. The number of carbonyl (C=O) groups is 1. The van der Waals surface area contributed by atoms with Crippen molar-refractivity contribution < 1.29 is 13.2 Å². The van der Waals surface area contributed by atoms with Gasteiger partial charge in [0.1, 0.15) is 11.1 Å². The normalized spacial score (nSPS) is 19.5. The summed E-state index contributed by atoms with van der Waals surface area (Å²) < 4.78 is 27.8. The van der Waals surface area contributed by atoms with Crippen molar-refractivity contribution in [2.24, 2.45) is 0 Å². The Kier molecular flexibility index (Phi) is 5.55. The Labute approximate surface area is 194 Å². The standard InChI is InChI=1S/C25H26N4O3S/c1-18-5-4-6-21(17-18)28-13-15-29(16-14-28)25(30)20-11-9-19(10-12-20)24-26-22-7-2-3-8-23(22)33(31,32)27-24/h2-12,17,24,26-27H,13-16H2,1H3/t24-/m0/s1. The molecule has 0 aliphatic carbocycles. The fourth-order valence-corrected chi connectivity index (χ4v) is 5.67. The van der Waals surface area contributed by atoms with E-state index in [9.17, 15) is 13.2 Å². The van der Waals surface area contributed by atoms with Crippen LogP contribution in [0.4, 0.5) is 11.4 Å². The number of amides is 1. The first-order chi connectivity index (χ1) is 15.9. The van der Waals surface area contributed by atoms with E-state index < -0.39 is 16.2 Å². The van der Waals surface area contributed by atoms with Crippen LogP contribution in [-0.2, 0) is 10.0 Å². The molecule has 0 aromatic heterocycles. The summed E-state index contributed by atoms with van der Waals surface area (Å²) in [7, 11) is -3.61. The van der Waals surface area contributed by atoms with Gasteiger partial charge in [0.2, 0.25) is 10.0 Å². The van der Waals surface area contributed by atoms with Crippen LogP contribution >= 0.6 is 0 Å². The molecule has 1 amide bonds. The second-order valence-corrected chi connectivity index (χ2v) is 10.1. The lowest BCUT2D eigenvalue weighted by Gasteiger charge is -2.36. The zero-order valence-corrected chi connectivity index (χ0v) is 19.2. The van der Waals surface area contributed by atoms with Gasteiger partial charge in [-0.1, -0.05) is 36.4 Å². The number of hydrogen-bond acceptors (Lipinski definition) is 5. The van der Waals surface area contributed by atoms with Crippen LogP contribution in [0.3, 0.4) is 0 Å². The number of piperazine rings is 1. The molecule has 2 aliphatic heterocycles. The van der Waals surface area contributed by atoms with Crippen LogP contribution in [0.1, 0.15) is 27.7 Å². The van der Waals surface area contributed by atoms with Crippen LogP contribution in [0.25, 0.3) is 0 Å². The first-order valence-electron chi connectivity index (χ1n) is 11.0. The van der Waals surface area contributed by atoms with Gasteiger partial charge < -0.3 is 15.1 Å². The maximum Gasteiger partial charge on any atom is 0.253 e. The summed E-state index contributed by atoms with van der Waals surface area (Å²) in [6.45, 7) is 4.99. The zero-order valence-electron chi connectivity index (χ0n) is 18.4. The summed E-state index contributed by atoms with van der Waals surface area (Å²) in [5.41, 5.74) is 4.32. The zero-order chi connectivity index (χ0) is 23.0. The molecule has 5 rings (SSSR count). The maximum atomic E-state index is 13.0. The van der Waals surface area contributed by atoms with E-state index >= 15 is 0 Å². The molecule has 2 N–H and O–H groups in total. The fraction of sp³-hybridized carbons (Fsp3) is 0.240. The van der Waals surface area contributed by atoms with Crippen LogP contribution < -0.4 is 14.9 Å². The van der Waals surface area contributed by atoms with Crippen molar-refractivity contribution in [3.63, 3.8) is 0 Å². The van der Waals surface area contributed by atoms with Crippen molar-refractivity contribution in [3.05, 3.63) is 89.5 Å². The van der Waals surface area contributed by atoms with E-state index in [4.69, 9.17) is 0 Å². The molecule has 0 bridgehead atoms. The van der Waals surface area contributed by atoms with Crippen LogP contribution in [-0.4, -0.2) is 45.4 Å². The van der Waals surface area contributed by atoms with Crippen molar-refractivity contribution >= 4 is 27.3 Å². The monoisotopic (exact) mass is 462 g/mol. The third-order valence-corrected chi connectivity index (χ3v) is 7.66. The average Bonchev–Trinajstić information content (AvgIpc) is 2.83.